The maximum atomic E-state index is 12.1. The molecule has 0 aromatic heterocycles. The Morgan fingerprint density at radius 1 is 1.00 bits per heavy atom. The van der Waals surface area contributed by atoms with Crippen LogP contribution in [-0.2, 0) is 20.7 Å². The standard InChI is InChI=1S/C27H26ClNO4/c1-19(2)18-32-27(31)17-21-8-14-25(24(28)16-21)33-23-12-10-22(11-13-23)29-26(30)15-9-20-6-4-3-5-7-20/h3-16,19H,17-18H2,1-2H3,(H,29,30)/b15-9+. The quantitative estimate of drug-likeness (QED) is 0.289. The summed E-state index contributed by atoms with van der Waals surface area (Å²) in [4.78, 5) is 24.0. The van der Waals surface area contributed by atoms with Gasteiger partial charge in [-0.05, 0) is 59.5 Å². The van der Waals surface area contributed by atoms with Crippen LogP contribution in [0.25, 0.3) is 6.08 Å². The third-order valence-electron chi connectivity index (χ3n) is 4.50. The molecule has 0 aliphatic heterocycles. The van der Waals surface area contributed by atoms with Crippen LogP contribution in [0.1, 0.15) is 25.0 Å². The van der Waals surface area contributed by atoms with E-state index in [9.17, 15) is 9.59 Å². The molecule has 0 heterocycles. The van der Waals surface area contributed by atoms with Gasteiger partial charge in [0.15, 0.2) is 0 Å². The van der Waals surface area contributed by atoms with E-state index in [0.29, 0.717) is 34.7 Å². The number of benzene rings is 3. The van der Waals surface area contributed by atoms with Crippen molar-refractivity contribution in [3.05, 3.63) is 95.0 Å². The van der Waals surface area contributed by atoms with Crippen molar-refractivity contribution in [1.29, 1.82) is 0 Å². The van der Waals surface area contributed by atoms with Gasteiger partial charge in [0.05, 0.1) is 18.1 Å². The maximum absolute atomic E-state index is 12.1. The monoisotopic (exact) mass is 463 g/mol. The van der Waals surface area contributed by atoms with Gasteiger partial charge in [-0.2, -0.15) is 0 Å². The first-order valence-corrected chi connectivity index (χ1v) is 11.0. The lowest BCUT2D eigenvalue weighted by Crippen LogP contribution is -2.12. The molecule has 0 aliphatic carbocycles. The smallest absolute Gasteiger partial charge is 0.310 e. The summed E-state index contributed by atoms with van der Waals surface area (Å²) >= 11 is 6.33. The lowest BCUT2D eigenvalue weighted by molar-refractivity contribution is -0.143. The second-order valence-electron chi connectivity index (χ2n) is 7.88. The van der Waals surface area contributed by atoms with Crippen molar-refractivity contribution in [3.63, 3.8) is 0 Å². The Kier molecular flexibility index (Phi) is 8.67. The van der Waals surface area contributed by atoms with E-state index in [1.165, 1.54) is 6.08 Å². The van der Waals surface area contributed by atoms with Crippen molar-refractivity contribution in [2.45, 2.75) is 20.3 Å². The molecule has 5 nitrogen and oxygen atoms in total. The van der Waals surface area contributed by atoms with Gasteiger partial charge in [0.25, 0.3) is 0 Å². The van der Waals surface area contributed by atoms with Crippen LogP contribution in [0.5, 0.6) is 11.5 Å². The lowest BCUT2D eigenvalue weighted by Gasteiger charge is -2.11. The zero-order valence-corrected chi connectivity index (χ0v) is 19.3. The number of anilines is 1. The Balaban J connectivity index is 1.54. The van der Waals surface area contributed by atoms with Crippen molar-refractivity contribution in [2.24, 2.45) is 5.92 Å². The normalized spacial score (nSPS) is 10.9. The first kappa shape index (κ1) is 24.1. The molecule has 3 aromatic carbocycles. The average Bonchev–Trinajstić information content (AvgIpc) is 2.80. The van der Waals surface area contributed by atoms with E-state index < -0.39 is 0 Å². The molecule has 170 valence electrons. The summed E-state index contributed by atoms with van der Waals surface area (Å²) in [6.45, 7) is 4.37. The number of nitrogens with one attached hydrogen (secondary N) is 1. The predicted molar refractivity (Wildman–Crippen MR) is 132 cm³/mol. The first-order chi connectivity index (χ1) is 15.9. The van der Waals surface area contributed by atoms with E-state index in [1.54, 1.807) is 48.5 Å². The topological polar surface area (TPSA) is 64.6 Å². The molecule has 3 rings (SSSR count). The van der Waals surface area contributed by atoms with Gasteiger partial charge in [-0.15, -0.1) is 0 Å². The van der Waals surface area contributed by atoms with Crippen molar-refractivity contribution in [1.82, 2.24) is 0 Å². The Morgan fingerprint density at radius 2 is 1.73 bits per heavy atom. The average molecular weight is 464 g/mol. The van der Waals surface area contributed by atoms with Crippen LogP contribution >= 0.6 is 11.6 Å². The fourth-order valence-electron chi connectivity index (χ4n) is 2.87. The summed E-state index contributed by atoms with van der Waals surface area (Å²) in [7, 11) is 0. The summed E-state index contributed by atoms with van der Waals surface area (Å²) < 4.78 is 11.0. The summed E-state index contributed by atoms with van der Waals surface area (Å²) in [5, 5.41) is 3.20. The molecule has 0 radical (unpaired) electrons. The molecule has 0 unspecified atom stereocenters. The fourth-order valence-corrected chi connectivity index (χ4v) is 3.11. The van der Waals surface area contributed by atoms with Gasteiger partial charge in [-0.25, -0.2) is 0 Å². The number of rotatable bonds is 9. The Bertz CT molecular complexity index is 1110. The van der Waals surface area contributed by atoms with E-state index in [1.807, 2.05) is 44.2 Å². The van der Waals surface area contributed by atoms with Crippen LogP contribution < -0.4 is 10.1 Å². The molecule has 0 saturated heterocycles. The highest BCUT2D eigenvalue weighted by Crippen LogP contribution is 2.31. The number of hydrogen-bond donors (Lipinski definition) is 1. The van der Waals surface area contributed by atoms with Crippen LogP contribution in [0.2, 0.25) is 5.02 Å². The van der Waals surface area contributed by atoms with E-state index in [2.05, 4.69) is 5.32 Å². The third kappa shape index (κ3) is 8.13. The molecule has 0 spiro atoms. The van der Waals surface area contributed by atoms with Crippen LogP contribution in [0.4, 0.5) is 5.69 Å². The number of ether oxygens (including phenoxy) is 2. The number of amides is 1. The molecule has 3 aromatic rings. The molecule has 6 heteroatoms. The highest BCUT2D eigenvalue weighted by molar-refractivity contribution is 6.32. The molecule has 0 fully saturated rings. The molecule has 1 N–H and O–H groups in total. The summed E-state index contributed by atoms with van der Waals surface area (Å²) in [6.07, 6.45) is 3.39. The number of esters is 1. The summed E-state index contributed by atoms with van der Waals surface area (Å²) in [6, 6.07) is 21.8. The van der Waals surface area contributed by atoms with Gasteiger partial charge >= 0.3 is 5.97 Å². The van der Waals surface area contributed by atoms with Crippen LogP contribution in [-0.4, -0.2) is 18.5 Å². The molecule has 0 aliphatic rings. The lowest BCUT2D eigenvalue weighted by atomic mass is 10.1. The molecule has 1 amide bonds. The summed E-state index contributed by atoms with van der Waals surface area (Å²) in [5.41, 5.74) is 2.35. The molecule has 0 saturated carbocycles. The number of carbonyl (C=O) groups excluding carboxylic acids is 2. The van der Waals surface area contributed by atoms with Crippen molar-refractivity contribution < 1.29 is 19.1 Å². The molecular formula is C27H26ClNO4. The first-order valence-electron chi connectivity index (χ1n) is 10.6. The van der Waals surface area contributed by atoms with Gasteiger partial charge in [-0.3, -0.25) is 9.59 Å². The summed E-state index contributed by atoms with van der Waals surface area (Å²) in [5.74, 6) is 0.818. The van der Waals surface area contributed by atoms with Crippen molar-refractivity contribution >= 4 is 35.2 Å². The highest BCUT2D eigenvalue weighted by Gasteiger charge is 2.10. The minimum Gasteiger partial charge on any atom is -0.465 e. The second kappa shape index (κ2) is 11.9. The van der Waals surface area contributed by atoms with Gasteiger partial charge in [0.1, 0.15) is 11.5 Å². The maximum Gasteiger partial charge on any atom is 0.310 e. The number of carbonyl (C=O) groups is 2. The second-order valence-corrected chi connectivity index (χ2v) is 8.29. The predicted octanol–water partition coefficient (Wildman–Crippen LogP) is 6.53. The fraction of sp³-hybridized carbons (Fsp3) is 0.185. The zero-order valence-electron chi connectivity index (χ0n) is 18.6. The largest absolute Gasteiger partial charge is 0.465 e. The molecule has 0 atom stereocenters. The SMILES string of the molecule is CC(C)COC(=O)Cc1ccc(Oc2ccc(NC(=O)/C=C/c3ccccc3)cc2)c(Cl)c1. The van der Waals surface area contributed by atoms with E-state index in [-0.39, 0.29) is 18.3 Å². The molecule has 33 heavy (non-hydrogen) atoms. The van der Waals surface area contributed by atoms with Crippen LogP contribution in [0, 0.1) is 5.92 Å². The van der Waals surface area contributed by atoms with Crippen LogP contribution in [0.15, 0.2) is 78.9 Å². The Hall–Kier alpha value is -3.57. The number of hydrogen-bond acceptors (Lipinski definition) is 4. The minimum atomic E-state index is -0.287. The van der Waals surface area contributed by atoms with Crippen LogP contribution in [0.3, 0.4) is 0 Å². The van der Waals surface area contributed by atoms with Gasteiger partial charge in [0.2, 0.25) is 5.91 Å². The van der Waals surface area contributed by atoms with E-state index in [0.717, 1.165) is 11.1 Å². The van der Waals surface area contributed by atoms with E-state index >= 15 is 0 Å². The van der Waals surface area contributed by atoms with Crippen molar-refractivity contribution in [2.75, 3.05) is 11.9 Å². The number of halogens is 1. The van der Waals surface area contributed by atoms with Gasteiger partial charge in [0, 0.05) is 11.8 Å². The van der Waals surface area contributed by atoms with Gasteiger partial charge < -0.3 is 14.8 Å². The molecular weight excluding hydrogens is 438 g/mol. The zero-order chi connectivity index (χ0) is 23.6. The minimum absolute atomic E-state index is 0.153. The van der Waals surface area contributed by atoms with Crippen molar-refractivity contribution in [3.8, 4) is 11.5 Å². The highest BCUT2D eigenvalue weighted by atomic mass is 35.5. The van der Waals surface area contributed by atoms with Gasteiger partial charge in [-0.1, -0.05) is 61.8 Å². The Morgan fingerprint density at radius 3 is 2.39 bits per heavy atom. The third-order valence-corrected chi connectivity index (χ3v) is 4.79. The molecule has 0 bridgehead atoms. The Labute approximate surface area is 199 Å². The van der Waals surface area contributed by atoms with E-state index in [4.69, 9.17) is 21.1 Å².